The van der Waals surface area contributed by atoms with Crippen LogP contribution in [-0.2, 0) is 0 Å². The number of rotatable bonds is 2. The maximum Gasteiger partial charge on any atom is 0.137 e. The summed E-state index contributed by atoms with van der Waals surface area (Å²) in [4.78, 5) is 0. The molecule has 0 aliphatic carbocycles. The molecule has 0 unspecified atom stereocenters. The molecule has 3 nitrogen and oxygen atoms in total. The second-order valence-electron chi connectivity index (χ2n) is 2.94. The molecule has 0 radical (unpaired) electrons. The molecule has 1 heterocycles. The van der Waals surface area contributed by atoms with Crippen LogP contribution in [0.3, 0.4) is 0 Å². The van der Waals surface area contributed by atoms with Crippen LogP contribution >= 0.6 is 11.3 Å². The van der Waals surface area contributed by atoms with Crippen LogP contribution in [0.15, 0.2) is 18.2 Å². The molecule has 2 aromatic rings. The van der Waals surface area contributed by atoms with Crippen molar-refractivity contribution in [3.05, 3.63) is 18.2 Å². The number of nitrogen functional groups attached to an aromatic ring is 1. The van der Waals surface area contributed by atoms with Gasteiger partial charge in [-0.3, -0.25) is 0 Å². The molecule has 0 aliphatic heterocycles. The van der Waals surface area contributed by atoms with E-state index in [9.17, 15) is 5.11 Å². The summed E-state index contributed by atoms with van der Waals surface area (Å²) in [6.45, 7) is 2.49. The molecule has 0 atom stereocenters. The topological polar surface area (TPSA) is 55.5 Å². The largest absolute Gasteiger partial charge is 0.506 e. The lowest BCUT2D eigenvalue weighted by Gasteiger charge is -2.03. The van der Waals surface area contributed by atoms with Gasteiger partial charge in [0.05, 0.1) is 16.3 Å². The van der Waals surface area contributed by atoms with Gasteiger partial charge in [0.2, 0.25) is 0 Å². The molecule has 0 amide bonds. The molecule has 2 rings (SSSR count). The molecule has 4 heteroatoms. The second kappa shape index (κ2) is 3.38. The van der Waals surface area contributed by atoms with Crippen LogP contribution in [0.1, 0.15) is 6.92 Å². The minimum Gasteiger partial charge on any atom is -0.506 e. The first-order chi connectivity index (χ1) is 6.70. The van der Waals surface area contributed by atoms with Crippen molar-refractivity contribution in [2.45, 2.75) is 6.92 Å². The van der Waals surface area contributed by atoms with Gasteiger partial charge in [0.25, 0.3) is 0 Å². The maximum absolute atomic E-state index is 9.67. The van der Waals surface area contributed by atoms with E-state index in [4.69, 9.17) is 10.5 Å². The van der Waals surface area contributed by atoms with Gasteiger partial charge in [0.1, 0.15) is 11.5 Å². The van der Waals surface area contributed by atoms with E-state index in [0.29, 0.717) is 17.4 Å². The molecule has 0 aliphatic rings. The van der Waals surface area contributed by atoms with Gasteiger partial charge >= 0.3 is 0 Å². The van der Waals surface area contributed by atoms with Crippen LogP contribution in [0.5, 0.6) is 11.5 Å². The quantitative estimate of drug-likeness (QED) is 0.799. The van der Waals surface area contributed by atoms with Gasteiger partial charge in [-0.1, -0.05) is 0 Å². The highest BCUT2D eigenvalue weighted by Gasteiger charge is 2.06. The molecule has 74 valence electrons. The van der Waals surface area contributed by atoms with Gasteiger partial charge in [-0.2, -0.15) is 0 Å². The highest BCUT2D eigenvalue weighted by atomic mass is 32.1. The number of ether oxygens (including phenoxy) is 1. The lowest BCUT2D eigenvalue weighted by molar-refractivity contribution is 0.338. The van der Waals surface area contributed by atoms with Crippen LogP contribution in [0.2, 0.25) is 0 Å². The van der Waals surface area contributed by atoms with Crippen molar-refractivity contribution in [1.82, 2.24) is 0 Å². The number of hydrogen-bond acceptors (Lipinski definition) is 4. The highest BCUT2D eigenvalue weighted by molar-refractivity contribution is 7.23. The van der Waals surface area contributed by atoms with Gasteiger partial charge < -0.3 is 15.6 Å². The zero-order valence-electron chi connectivity index (χ0n) is 7.78. The third-order valence-electron chi connectivity index (χ3n) is 1.90. The Labute approximate surface area is 85.7 Å². The van der Waals surface area contributed by atoms with Crippen LogP contribution in [0.25, 0.3) is 10.1 Å². The van der Waals surface area contributed by atoms with E-state index in [0.717, 1.165) is 10.1 Å². The Kier molecular flexibility index (Phi) is 2.21. The molecule has 0 spiro atoms. The Balaban J connectivity index is 2.59. The Morgan fingerprint density at radius 2 is 2.21 bits per heavy atom. The van der Waals surface area contributed by atoms with E-state index in [1.807, 2.05) is 19.1 Å². The third kappa shape index (κ3) is 1.48. The van der Waals surface area contributed by atoms with Gasteiger partial charge in [-0.25, -0.2) is 0 Å². The minimum absolute atomic E-state index is 0.229. The van der Waals surface area contributed by atoms with Gasteiger partial charge in [0, 0.05) is 11.5 Å². The second-order valence-corrected chi connectivity index (χ2v) is 4.03. The third-order valence-corrected chi connectivity index (χ3v) is 2.90. The zero-order valence-corrected chi connectivity index (χ0v) is 8.60. The summed E-state index contributed by atoms with van der Waals surface area (Å²) in [7, 11) is 0. The lowest BCUT2D eigenvalue weighted by atomic mass is 10.2. The van der Waals surface area contributed by atoms with Crippen molar-refractivity contribution in [3.63, 3.8) is 0 Å². The first-order valence-corrected chi connectivity index (χ1v) is 5.17. The fourth-order valence-electron chi connectivity index (χ4n) is 1.38. The summed E-state index contributed by atoms with van der Waals surface area (Å²) in [6, 6.07) is 5.33. The van der Waals surface area contributed by atoms with Crippen LogP contribution in [-0.4, -0.2) is 11.7 Å². The highest BCUT2D eigenvalue weighted by Crippen LogP contribution is 2.37. The summed E-state index contributed by atoms with van der Waals surface area (Å²) < 4.78 is 6.12. The number of phenols is 1. The van der Waals surface area contributed by atoms with E-state index >= 15 is 0 Å². The molecule has 0 saturated carbocycles. The van der Waals surface area contributed by atoms with E-state index < -0.39 is 0 Å². The standard InChI is InChI=1S/C10H11NO2S/c1-2-13-7-3-6-4-9(11)14-10(6)8(12)5-7/h3-5,12H,2,11H2,1H3. The number of fused-ring (bicyclic) bond motifs is 1. The van der Waals surface area contributed by atoms with Crippen LogP contribution in [0.4, 0.5) is 5.00 Å². The number of nitrogens with two attached hydrogens (primary N) is 1. The van der Waals surface area contributed by atoms with Crippen molar-refractivity contribution in [2.75, 3.05) is 12.3 Å². The van der Waals surface area contributed by atoms with Gasteiger partial charge in [-0.15, -0.1) is 11.3 Å². The number of benzene rings is 1. The molecule has 3 N–H and O–H groups in total. The van der Waals surface area contributed by atoms with Crippen molar-refractivity contribution in [3.8, 4) is 11.5 Å². The number of aromatic hydroxyl groups is 1. The first kappa shape index (κ1) is 9.15. The Hall–Kier alpha value is -1.42. The van der Waals surface area contributed by atoms with Crippen LogP contribution < -0.4 is 10.5 Å². The first-order valence-electron chi connectivity index (χ1n) is 4.35. The van der Waals surface area contributed by atoms with Gasteiger partial charge in [-0.05, 0) is 19.1 Å². The fourth-order valence-corrected chi connectivity index (χ4v) is 2.20. The monoisotopic (exact) mass is 209 g/mol. The lowest BCUT2D eigenvalue weighted by Crippen LogP contribution is -1.90. The summed E-state index contributed by atoms with van der Waals surface area (Å²) in [5.74, 6) is 0.906. The van der Waals surface area contributed by atoms with Gasteiger partial charge in [0.15, 0.2) is 0 Å². The van der Waals surface area contributed by atoms with Crippen molar-refractivity contribution in [1.29, 1.82) is 0 Å². The molecule has 0 bridgehead atoms. The Morgan fingerprint density at radius 3 is 2.93 bits per heavy atom. The smallest absolute Gasteiger partial charge is 0.137 e. The molecule has 0 saturated heterocycles. The number of hydrogen-bond donors (Lipinski definition) is 2. The van der Waals surface area contributed by atoms with Crippen molar-refractivity contribution >= 4 is 26.4 Å². The summed E-state index contributed by atoms with van der Waals surface area (Å²) >= 11 is 1.38. The van der Waals surface area contributed by atoms with Crippen molar-refractivity contribution in [2.24, 2.45) is 0 Å². The average Bonchev–Trinajstić information content (AvgIpc) is 2.47. The van der Waals surface area contributed by atoms with E-state index in [1.54, 1.807) is 6.07 Å². The molecule has 0 fully saturated rings. The maximum atomic E-state index is 9.67. The molecule has 1 aromatic heterocycles. The normalized spacial score (nSPS) is 10.6. The van der Waals surface area contributed by atoms with Crippen molar-refractivity contribution < 1.29 is 9.84 Å². The van der Waals surface area contributed by atoms with E-state index in [1.165, 1.54) is 11.3 Å². The summed E-state index contributed by atoms with van der Waals surface area (Å²) in [5, 5.41) is 11.3. The predicted octanol–water partition coefficient (Wildman–Crippen LogP) is 2.59. The minimum atomic E-state index is 0.229. The zero-order chi connectivity index (χ0) is 10.1. The number of anilines is 1. The summed E-state index contributed by atoms with van der Waals surface area (Å²) in [6.07, 6.45) is 0. The number of thiophene rings is 1. The SMILES string of the molecule is CCOc1cc(O)c2sc(N)cc2c1. The van der Waals surface area contributed by atoms with Crippen LogP contribution in [0, 0.1) is 0 Å². The average molecular weight is 209 g/mol. The Morgan fingerprint density at radius 1 is 1.43 bits per heavy atom. The van der Waals surface area contributed by atoms with E-state index in [2.05, 4.69) is 0 Å². The van der Waals surface area contributed by atoms with E-state index in [-0.39, 0.29) is 5.75 Å². The number of phenolic OH excluding ortho intramolecular Hbond substituents is 1. The fraction of sp³-hybridized carbons (Fsp3) is 0.200. The molecule has 1 aromatic carbocycles. The molecule has 14 heavy (non-hydrogen) atoms. The molecular weight excluding hydrogens is 198 g/mol. The summed E-state index contributed by atoms with van der Waals surface area (Å²) in [5.41, 5.74) is 5.65. The predicted molar refractivity (Wildman–Crippen MR) is 59.1 cm³/mol. The molecular formula is C10H11NO2S. The Bertz CT molecular complexity index is 464.